The van der Waals surface area contributed by atoms with E-state index in [4.69, 9.17) is 0 Å². The van der Waals surface area contributed by atoms with Crippen LogP contribution in [0.25, 0.3) is 0 Å². The number of hydrogen-bond donors (Lipinski definition) is 0. The fraction of sp³-hybridized carbons (Fsp3) is 0. The van der Waals surface area contributed by atoms with E-state index < -0.39 is 0 Å². The van der Waals surface area contributed by atoms with Crippen molar-refractivity contribution in [1.82, 2.24) is 4.98 Å². The second-order valence-corrected chi connectivity index (χ2v) is 1.02. The summed E-state index contributed by atoms with van der Waals surface area (Å²) in [6.45, 7) is 0. The summed E-state index contributed by atoms with van der Waals surface area (Å²) < 4.78 is 0. The molecule has 7 heavy (non-hydrogen) atoms. The first-order valence-electron chi connectivity index (χ1n) is 1.85. The molecule has 1 heterocycles. The molecule has 0 atom stereocenters. The molecule has 0 saturated carbocycles. The molecule has 0 aliphatic carbocycles. The maximum absolute atomic E-state index is 3.78. The molecule has 0 amide bonds. The second-order valence-electron chi connectivity index (χ2n) is 1.02. The zero-order valence-corrected chi connectivity index (χ0v) is 5.31. The number of aromatic nitrogens is 1. The molecule has 1 aromatic heterocycles. The first kappa shape index (κ1) is 6.77. The molecule has 0 spiro atoms. The van der Waals surface area contributed by atoms with Crippen LogP contribution >= 0.6 is 0 Å². The van der Waals surface area contributed by atoms with Crippen LogP contribution in [0.15, 0.2) is 30.6 Å². The summed E-state index contributed by atoms with van der Waals surface area (Å²) in [4.78, 5) is 3.78. The Balaban J connectivity index is 0.000000360. The Morgan fingerprint density at radius 1 is 0.857 bits per heavy atom. The van der Waals surface area contributed by atoms with E-state index in [0.717, 1.165) is 0 Å². The van der Waals surface area contributed by atoms with E-state index in [1.54, 1.807) is 12.4 Å². The van der Waals surface area contributed by atoms with Crippen LogP contribution in [0, 0.1) is 0 Å². The van der Waals surface area contributed by atoms with Gasteiger partial charge in [-0.25, -0.2) is 0 Å². The Labute approximate surface area is 55.5 Å². The smallest absolute Gasteiger partial charge is 0.0267 e. The van der Waals surface area contributed by atoms with E-state index in [1.165, 1.54) is 0 Å². The van der Waals surface area contributed by atoms with Crippen molar-refractivity contribution in [2.45, 2.75) is 0 Å². The van der Waals surface area contributed by atoms with Crippen molar-refractivity contribution in [2.24, 2.45) is 0 Å². The molecular weight excluding hydrogens is 177 g/mol. The van der Waals surface area contributed by atoms with Gasteiger partial charge in [0.1, 0.15) is 0 Å². The SMILES string of the molecule is [Rh].c1ccncc1. The normalized spacial score (nSPS) is 6.86. The molecule has 1 rings (SSSR count). The van der Waals surface area contributed by atoms with Gasteiger partial charge in [0.05, 0.1) is 0 Å². The Morgan fingerprint density at radius 3 is 1.57 bits per heavy atom. The van der Waals surface area contributed by atoms with E-state index in [0.29, 0.717) is 0 Å². The first-order valence-corrected chi connectivity index (χ1v) is 1.85. The predicted octanol–water partition coefficient (Wildman–Crippen LogP) is 1.08. The quantitative estimate of drug-likeness (QED) is 0.547. The van der Waals surface area contributed by atoms with Gasteiger partial charge in [0.15, 0.2) is 0 Å². The van der Waals surface area contributed by atoms with E-state index in [1.807, 2.05) is 18.2 Å². The number of pyridine rings is 1. The summed E-state index contributed by atoms with van der Waals surface area (Å²) in [6, 6.07) is 5.72. The zero-order chi connectivity index (χ0) is 4.24. The van der Waals surface area contributed by atoms with Crippen molar-refractivity contribution in [2.75, 3.05) is 0 Å². The van der Waals surface area contributed by atoms with Crippen LogP contribution in [0.3, 0.4) is 0 Å². The summed E-state index contributed by atoms with van der Waals surface area (Å²) in [5, 5.41) is 0. The molecule has 2 heteroatoms. The van der Waals surface area contributed by atoms with Crippen molar-refractivity contribution < 1.29 is 19.5 Å². The molecule has 0 aliphatic rings. The number of hydrogen-bond acceptors (Lipinski definition) is 1. The van der Waals surface area contributed by atoms with E-state index in [-0.39, 0.29) is 19.5 Å². The largest absolute Gasteiger partial charge is 0.265 e. The third-order valence-electron chi connectivity index (χ3n) is 0.566. The Hall–Kier alpha value is -0.227. The van der Waals surface area contributed by atoms with E-state index >= 15 is 0 Å². The maximum atomic E-state index is 3.78. The molecule has 0 fully saturated rings. The fourth-order valence-corrected chi connectivity index (χ4v) is 0.313. The van der Waals surface area contributed by atoms with Gasteiger partial charge >= 0.3 is 0 Å². The molecule has 1 aromatic rings. The predicted molar refractivity (Wildman–Crippen MR) is 24.2 cm³/mol. The van der Waals surface area contributed by atoms with Crippen molar-refractivity contribution in [1.29, 1.82) is 0 Å². The van der Waals surface area contributed by atoms with Crippen LogP contribution in [0.4, 0.5) is 0 Å². The molecule has 0 aliphatic heterocycles. The van der Waals surface area contributed by atoms with Crippen molar-refractivity contribution >= 4 is 0 Å². The molecule has 0 saturated heterocycles. The molecular formula is C5H5NRh. The van der Waals surface area contributed by atoms with Gasteiger partial charge in [0.2, 0.25) is 0 Å². The Bertz CT molecular complexity index is 80.0. The van der Waals surface area contributed by atoms with Gasteiger partial charge in [-0.1, -0.05) is 6.07 Å². The van der Waals surface area contributed by atoms with Gasteiger partial charge < -0.3 is 0 Å². The average Bonchev–Trinajstić information content (AvgIpc) is 1.72. The van der Waals surface area contributed by atoms with Crippen LogP contribution in [0.2, 0.25) is 0 Å². The standard InChI is InChI=1S/C5H5N.Rh/c1-2-4-6-5-3-1;/h1-5H;. The monoisotopic (exact) mass is 182 g/mol. The summed E-state index contributed by atoms with van der Waals surface area (Å²) in [5.74, 6) is 0. The topological polar surface area (TPSA) is 12.9 Å². The van der Waals surface area contributed by atoms with Gasteiger partial charge in [0, 0.05) is 31.9 Å². The molecule has 0 aromatic carbocycles. The van der Waals surface area contributed by atoms with Crippen LogP contribution in [-0.2, 0) is 19.5 Å². The van der Waals surface area contributed by atoms with Crippen molar-refractivity contribution in [3.63, 3.8) is 0 Å². The van der Waals surface area contributed by atoms with Gasteiger partial charge in [-0.3, -0.25) is 4.98 Å². The van der Waals surface area contributed by atoms with Gasteiger partial charge in [-0.15, -0.1) is 0 Å². The zero-order valence-electron chi connectivity index (χ0n) is 3.67. The number of nitrogens with zero attached hydrogens (tertiary/aromatic N) is 1. The molecule has 1 nitrogen and oxygen atoms in total. The summed E-state index contributed by atoms with van der Waals surface area (Å²) in [5.41, 5.74) is 0. The Kier molecular flexibility index (Phi) is 3.82. The average molecular weight is 182 g/mol. The molecule has 0 bridgehead atoms. The van der Waals surface area contributed by atoms with E-state index in [2.05, 4.69) is 4.98 Å². The third kappa shape index (κ3) is 2.47. The molecule has 0 unspecified atom stereocenters. The van der Waals surface area contributed by atoms with Gasteiger partial charge in [-0.05, 0) is 12.1 Å². The maximum Gasteiger partial charge on any atom is 0.0267 e. The minimum Gasteiger partial charge on any atom is -0.265 e. The van der Waals surface area contributed by atoms with Crippen LogP contribution < -0.4 is 0 Å². The van der Waals surface area contributed by atoms with Crippen LogP contribution in [0.1, 0.15) is 0 Å². The minimum absolute atomic E-state index is 0. The van der Waals surface area contributed by atoms with Crippen molar-refractivity contribution in [3.8, 4) is 0 Å². The minimum atomic E-state index is 0. The van der Waals surface area contributed by atoms with Gasteiger partial charge in [0.25, 0.3) is 0 Å². The van der Waals surface area contributed by atoms with Crippen molar-refractivity contribution in [3.05, 3.63) is 30.6 Å². The molecule has 0 N–H and O–H groups in total. The Morgan fingerprint density at radius 2 is 1.43 bits per heavy atom. The second kappa shape index (κ2) is 3.95. The van der Waals surface area contributed by atoms with Crippen LogP contribution in [-0.4, -0.2) is 4.98 Å². The molecule has 39 valence electrons. The fourth-order valence-electron chi connectivity index (χ4n) is 0.313. The summed E-state index contributed by atoms with van der Waals surface area (Å²) >= 11 is 0. The number of rotatable bonds is 0. The molecule has 1 radical (unpaired) electrons. The van der Waals surface area contributed by atoms with Crippen LogP contribution in [0.5, 0.6) is 0 Å². The van der Waals surface area contributed by atoms with Gasteiger partial charge in [-0.2, -0.15) is 0 Å². The third-order valence-corrected chi connectivity index (χ3v) is 0.566. The first-order chi connectivity index (χ1) is 3.00. The van der Waals surface area contributed by atoms with E-state index in [9.17, 15) is 0 Å². The summed E-state index contributed by atoms with van der Waals surface area (Å²) in [6.07, 6.45) is 3.50. The summed E-state index contributed by atoms with van der Waals surface area (Å²) in [7, 11) is 0.